The lowest BCUT2D eigenvalue weighted by molar-refractivity contribution is -0.384. The maximum Gasteiger partial charge on any atom is 0.293 e. The summed E-state index contributed by atoms with van der Waals surface area (Å²) < 4.78 is 0. The number of aryl methyl sites for hydroxylation is 2. The molecule has 19 heavy (non-hydrogen) atoms. The van der Waals surface area contributed by atoms with Crippen LogP contribution in [0.1, 0.15) is 24.5 Å². The van der Waals surface area contributed by atoms with Crippen LogP contribution in [0.2, 0.25) is 0 Å². The van der Waals surface area contributed by atoms with Gasteiger partial charge in [-0.25, -0.2) is 0 Å². The Hall–Kier alpha value is -1.95. The van der Waals surface area contributed by atoms with Gasteiger partial charge >= 0.3 is 0 Å². The van der Waals surface area contributed by atoms with Gasteiger partial charge in [0.25, 0.3) is 5.69 Å². The molecule has 1 amide bonds. The van der Waals surface area contributed by atoms with E-state index in [4.69, 9.17) is 5.73 Å². The molecular formula is C13H19N3O3. The number of amides is 1. The molecule has 3 N–H and O–H groups in total. The van der Waals surface area contributed by atoms with Gasteiger partial charge in [-0.1, -0.05) is 6.92 Å². The topological polar surface area (TPSA) is 98.3 Å². The fraction of sp³-hybridized carbons (Fsp3) is 0.462. The highest BCUT2D eigenvalue weighted by Gasteiger charge is 2.18. The average molecular weight is 265 g/mol. The van der Waals surface area contributed by atoms with E-state index in [9.17, 15) is 14.9 Å². The zero-order valence-corrected chi connectivity index (χ0v) is 11.4. The smallest absolute Gasteiger partial charge is 0.293 e. The maximum atomic E-state index is 11.8. The van der Waals surface area contributed by atoms with Crippen LogP contribution >= 0.6 is 0 Å². The Bertz CT molecular complexity index is 500. The van der Waals surface area contributed by atoms with Crippen molar-refractivity contribution in [2.75, 3.05) is 11.9 Å². The minimum absolute atomic E-state index is 0.0469. The number of benzene rings is 1. The number of nitro groups is 1. The highest BCUT2D eigenvalue weighted by atomic mass is 16.6. The summed E-state index contributed by atoms with van der Waals surface area (Å²) in [4.78, 5) is 22.3. The Balaban J connectivity index is 2.97. The molecule has 6 heteroatoms. The van der Waals surface area contributed by atoms with Gasteiger partial charge in [-0.15, -0.1) is 0 Å². The second-order valence-corrected chi connectivity index (χ2v) is 4.80. The molecule has 0 spiro atoms. The lowest BCUT2D eigenvalue weighted by Crippen LogP contribution is -2.20. The number of carbonyl (C=O) groups excluding carboxylic acids is 1. The van der Waals surface area contributed by atoms with E-state index in [0.29, 0.717) is 6.54 Å². The molecule has 0 aromatic heterocycles. The van der Waals surface area contributed by atoms with Gasteiger partial charge in [-0.2, -0.15) is 0 Å². The number of nitrogens with two attached hydrogens (primary N) is 1. The van der Waals surface area contributed by atoms with E-state index in [2.05, 4.69) is 5.32 Å². The van der Waals surface area contributed by atoms with Crippen molar-refractivity contribution in [1.29, 1.82) is 0 Å². The fourth-order valence-corrected chi connectivity index (χ4v) is 1.65. The van der Waals surface area contributed by atoms with Crippen LogP contribution in [0, 0.1) is 29.9 Å². The summed E-state index contributed by atoms with van der Waals surface area (Å²) in [5, 5.41) is 13.6. The number of carbonyl (C=O) groups is 1. The van der Waals surface area contributed by atoms with Crippen LogP contribution in [0.4, 0.5) is 11.4 Å². The Morgan fingerprint density at radius 1 is 1.42 bits per heavy atom. The first-order chi connectivity index (χ1) is 8.85. The van der Waals surface area contributed by atoms with Crippen LogP contribution < -0.4 is 11.1 Å². The van der Waals surface area contributed by atoms with Gasteiger partial charge in [0.1, 0.15) is 5.69 Å². The second kappa shape index (κ2) is 6.29. The van der Waals surface area contributed by atoms with Crippen molar-refractivity contribution in [1.82, 2.24) is 0 Å². The van der Waals surface area contributed by atoms with E-state index in [1.807, 2.05) is 13.8 Å². The number of nitrogens with one attached hydrogen (secondary N) is 1. The summed E-state index contributed by atoms with van der Waals surface area (Å²) in [5.74, 6) is -0.213. The molecule has 0 aliphatic carbocycles. The van der Waals surface area contributed by atoms with Crippen LogP contribution in [-0.2, 0) is 4.79 Å². The standard InChI is InChI=1S/C13H19N3O3/c1-8(7-14)4-13(17)15-11-5-9(2)10(3)6-12(11)16(18)19/h5-6,8H,4,7,14H2,1-3H3,(H,15,17). The number of hydrogen-bond donors (Lipinski definition) is 2. The van der Waals surface area contributed by atoms with E-state index in [1.165, 1.54) is 6.07 Å². The number of rotatable bonds is 5. The van der Waals surface area contributed by atoms with E-state index in [1.54, 1.807) is 13.0 Å². The van der Waals surface area contributed by atoms with Crippen molar-refractivity contribution in [2.24, 2.45) is 11.7 Å². The Kier molecular flexibility index (Phi) is 5.00. The van der Waals surface area contributed by atoms with E-state index in [0.717, 1.165) is 11.1 Å². The third-order valence-corrected chi connectivity index (χ3v) is 3.02. The first kappa shape index (κ1) is 15.1. The molecule has 104 valence electrons. The lowest BCUT2D eigenvalue weighted by atomic mass is 10.1. The van der Waals surface area contributed by atoms with Crippen molar-refractivity contribution in [3.63, 3.8) is 0 Å². The number of nitrogens with zero attached hydrogens (tertiary/aromatic N) is 1. The van der Waals surface area contributed by atoms with Crippen LogP contribution in [0.5, 0.6) is 0 Å². The third-order valence-electron chi connectivity index (χ3n) is 3.02. The first-order valence-electron chi connectivity index (χ1n) is 6.10. The van der Waals surface area contributed by atoms with Gasteiger partial charge in [0.05, 0.1) is 4.92 Å². The normalized spacial score (nSPS) is 12.0. The maximum absolute atomic E-state index is 11.8. The predicted molar refractivity (Wildman–Crippen MR) is 74.0 cm³/mol. The molecule has 0 heterocycles. The Labute approximate surface area is 112 Å². The molecule has 1 unspecified atom stereocenters. The first-order valence-corrected chi connectivity index (χ1v) is 6.10. The molecule has 1 aromatic rings. The van der Waals surface area contributed by atoms with Crippen molar-refractivity contribution in [3.05, 3.63) is 33.4 Å². The molecule has 6 nitrogen and oxygen atoms in total. The SMILES string of the molecule is Cc1cc(NC(=O)CC(C)CN)c([N+](=O)[O-])cc1C. The quantitative estimate of drug-likeness (QED) is 0.629. The van der Waals surface area contributed by atoms with Crippen molar-refractivity contribution >= 4 is 17.3 Å². The van der Waals surface area contributed by atoms with Gasteiger partial charge in [0, 0.05) is 12.5 Å². The largest absolute Gasteiger partial charge is 0.330 e. The number of nitro benzene ring substituents is 1. The Morgan fingerprint density at radius 3 is 2.53 bits per heavy atom. The summed E-state index contributed by atoms with van der Waals surface area (Å²) in [6, 6.07) is 3.09. The summed E-state index contributed by atoms with van der Waals surface area (Å²) >= 11 is 0. The van der Waals surface area contributed by atoms with Crippen LogP contribution in [0.3, 0.4) is 0 Å². The lowest BCUT2D eigenvalue weighted by Gasteiger charge is -2.11. The summed E-state index contributed by atoms with van der Waals surface area (Å²) in [6.07, 6.45) is 0.251. The zero-order valence-electron chi connectivity index (χ0n) is 11.4. The van der Waals surface area contributed by atoms with Crippen LogP contribution in [-0.4, -0.2) is 17.4 Å². The fourth-order valence-electron chi connectivity index (χ4n) is 1.65. The summed E-state index contributed by atoms with van der Waals surface area (Å²) in [5.41, 5.74) is 7.32. The van der Waals surface area contributed by atoms with E-state index < -0.39 is 4.92 Å². The molecule has 0 radical (unpaired) electrons. The highest BCUT2D eigenvalue weighted by molar-refractivity contribution is 5.93. The van der Waals surface area contributed by atoms with E-state index in [-0.39, 0.29) is 29.6 Å². The number of anilines is 1. The minimum Gasteiger partial charge on any atom is -0.330 e. The van der Waals surface area contributed by atoms with Crippen molar-refractivity contribution in [2.45, 2.75) is 27.2 Å². The molecule has 0 fully saturated rings. The van der Waals surface area contributed by atoms with Gasteiger partial charge in [0.2, 0.25) is 5.91 Å². The minimum atomic E-state index is -0.492. The molecule has 0 aliphatic heterocycles. The van der Waals surface area contributed by atoms with Gasteiger partial charge in [0.15, 0.2) is 0 Å². The summed E-state index contributed by atoms with van der Waals surface area (Å²) in [7, 11) is 0. The molecular weight excluding hydrogens is 246 g/mol. The second-order valence-electron chi connectivity index (χ2n) is 4.80. The van der Waals surface area contributed by atoms with Crippen LogP contribution in [0.15, 0.2) is 12.1 Å². The monoisotopic (exact) mass is 265 g/mol. The molecule has 1 rings (SSSR count). The van der Waals surface area contributed by atoms with Gasteiger partial charge in [-0.05, 0) is 43.5 Å². The van der Waals surface area contributed by atoms with Crippen molar-refractivity contribution in [3.8, 4) is 0 Å². The van der Waals surface area contributed by atoms with Gasteiger partial charge in [-0.3, -0.25) is 14.9 Å². The zero-order chi connectivity index (χ0) is 14.6. The predicted octanol–water partition coefficient (Wildman–Crippen LogP) is 2.14. The third kappa shape index (κ3) is 4.03. The molecule has 1 aromatic carbocycles. The molecule has 1 atom stereocenters. The molecule has 0 saturated carbocycles. The molecule has 0 saturated heterocycles. The van der Waals surface area contributed by atoms with E-state index >= 15 is 0 Å². The molecule has 0 aliphatic rings. The van der Waals surface area contributed by atoms with Gasteiger partial charge < -0.3 is 11.1 Å². The number of hydrogen-bond acceptors (Lipinski definition) is 4. The van der Waals surface area contributed by atoms with Crippen molar-refractivity contribution < 1.29 is 9.72 Å². The highest BCUT2D eigenvalue weighted by Crippen LogP contribution is 2.28. The molecule has 0 bridgehead atoms. The average Bonchev–Trinajstić information content (AvgIpc) is 2.32. The summed E-state index contributed by atoms with van der Waals surface area (Å²) in [6.45, 7) is 5.90. The van der Waals surface area contributed by atoms with Crippen LogP contribution in [0.25, 0.3) is 0 Å². The Morgan fingerprint density at radius 2 is 2.00 bits per heavy atom.